The van der Waals surface area contributed by atoms with Gasteiger partial charge in [0.05, 0.1) is 5.69 Å². The Morgan fingerprint density at radius 3 is 2.48 bits per heavy atom. The molecule has 1 atom stereocenters. The SMILES string of the molecule is O=C1CC(S(=O)(=O)Cl)CN1c1cccc2c(Br)cccc12. The van der Waals surface area contributed by atoms with Crippen molar-refractivity contribution in [2.75, 3.05) is 11.4 Å². The van der Waals surface area contributed by atoms with Crippen LogP contribution in [0.25, 0.3) is 10.8 Å². The molecule has 0 radical (unpaired) electrons. The first-order valence-corrected chi connectivity index (χ1v) is 9.45. The predicted octanol–water partition coefficient (Wildman–Crippen LogP) is 3.28. The van der Waals surface area contributed by atoms with E-state index >= 15 is 0 Å². The number of benzene rings is 2. The molecule has 21 heavy (non-hydrogen) atoms. The lowest BCUT2D eigenvalue weighted by Gasteiger charge is -2.19. The highest BCUT2D eigenvalue weighted by molar-refractivity contribution is 9.10. The quantitative estimate of drug-likeness (QED) is 0.742. The van der Waals surface area contributed by atoms with Crippen LogP contribution in [0.4, 0.5) is 5.69 Å². The van der Waals surface area contributed by atoms with E-state index in [2.05, 4.69) is 15.9 Å². The van der Waals surface area contributed by atoms with Crippen LogP contribution in [0.15, 0.2) is 40.9 Å². The molecule has 0 aliphatic carbocycles. The van der Waals surface area contributed by atoms with E-state index in [9.17, 15) is 13.2 Å². The monoisotopic (exact) mass is 387 g/mol. The van der Waals surface area contributed by atoms with Crippen molar-refractivity contribution in [3.8, 4) is 0 Å². The Morgan fingerprint density at radius 1 is 1.14 bits per heavy atom. The first-order chi connectivity index (χ1) is 9.88. The van der Waals surface area contributed by atoms with Crippen LogP contribution in [-0.4, -0.2) is 26.1 Å². The van der Waals surface area contributed by atoms with E-state index in [-0.39, 0.29) is 18.9 Å². The first-order valence-electron chi connectivity index (χ1n) is 6.29. The van der Waals surface area contributed by atoms with Gasteiger partial charge in [-0.2, -0.15) is 0 Å². The van der Waals surface area contributed by atoms with Crippen molar-refractivity contribution in [2.24, 2.45) is 0 Å². The van der Waals surface area contributed by atoms with Crippen molar-refractivity contribution < 1.29 is 13.2 Å². The molecule has 1 fully saturated rings. The lowest BCUT2D eigenvalue weighted by atomic mass is 10.1. The fraction of sp³-hybridized carbons (Fsp3) is 0.214. The smallest absolute Gasteiger partial charge is 0.237 e. The van der Waals surface area contributed by atoms with E-state index in [4.69, 9.17) is 10.7 Å². The Bertz CT molecular complexity index is 837. The average Bonchev–Trinajstić information content (AvgIpc) is 2.81. The maximum atomic E-state index is 12.2. The molecule has 1 heterocycles. The van der Waals surface area contributed by atoms with Gasteiger partial charge in [0.2, 0.25) is 15.0 Å². The van der Waals surface area contributed by atoms with Gasteiger partial charge in [-0.05, 0) is 17.5 Å². The summed E-state index contributed by atoms with van der Waals surface area (Å²) in [5.74, 6) is -0.225. The van der Waals surface area contributed by atoms with E-state index in [1.165, 1.54) is 4.90 Å². The maximum Gasteiger partial charge on any atom is 0.237 e. The van der Waals surface area contributed by atoms with Gasteiger partial charge in [0.15, 0.2) is 0 Å². The third-order valence-corrected chi connectivity index (χ3v) is 6.18. The van der Waals surface area contributed by atoms with Crippen LogP contribution in [-0.2, 0) is 13.8 Å². The summed E-state index contributed by atoms with van der Waals surface area (Å²) >= 11 is 3.48. The maximum absolute atomic E-state index is 12.2. The number of anilines is 1. The molecule has 1 saturated heterocycles. The summed E-state index contributed by atoms with van der Waals surface area (Å²) in [4.78, 5) is 13.7. The Morgan fingerprint density at radius 2 is 1.81 bits per heavy atom. The van der Waals surface area contributed by atoms with Crippen molar-refractivity contribution in [1.29, 1.82) is 0 Å². The largest absolute Gasteiger partial charge is 0.310 e. The van der Waals surface area contributed by atoms with Gasteiger partial charge in [0, 0.05) is 33.5 Å². The van der Waals surface area contributed by atoms with Crippen LogP contribution in [0, 0.1) is 0 Å². The zero-order valence-corrected chi connectivity index (χ0v) is 14.0. The molecule has 2 aromatic carbocycles. The summed E-state index contributed by atoms with van der Waals surface area (Å²) in [6.07, 6.45) is -0.0732. The zero-order chi connectivity index (χ0) is 15.2. The van der Waals surface area contributed by atoms with Gasteiger partial charge in [-0.15, -0.1) is 0 Å². The molecule has 1 aliphatic heterocycles. The van der Waals surface area contributed by atoms with Crippen molar-refractivity contribution in [1.82, 2.24) is 0 Å². The van der Waals surface area contributed by atoms with E-state index in [1.807, 2.05) is 36.4 Å². The minimum absolute atomic E-state index is 0.0732. The number of amides is 1. The molecule has 0 N–H and O–H groups in total. The molecule has 4 nitrogen and oxygen atoms in total. The summed E-state index contributed by atoms with van der Waals surface area (Å²) in [6.45, 7) is 0.0935. The van der Waals surface area contributed by atoms with E-state index in [1.54, 1.807) is 0 Å². The second-order valence-corrected chi connectivity index (χ2v) is 8.68. The molecule has 3 rings (SSSR count). The molecular formula is C14H11BrClNO3S. The minimum Gasteiger partial charge on any atom is -0.310 e. The van der Waals surface area contributed by atoms with Crippen LogP contribution in [0.1, 0.15) is 6.42 Å². The summed E-state index contributed by atoms with van der Waals surface area (Å²) in [7, 11) is 1.65. The fourth-order valence-corrected chi connectivity index (χ4v) is 4.11. The summed E-state index contributed by atoms with van der Waals surface area (Å²) in [5, 5.41) is 1.02. The molecule has 0 bridgehead atoms. The summed E-state index contributed by atoms with van der Waals surface area (Å²) < 4.78 is 23.8. The molecule has 1 aliphatic rings. The number of fused-ring (bicyclic) bond motifs is 1. The molecular weight excluding hydrogens is 378 g/mol. The van der Waals surface area contributed by atoms with E-state index < -0.39 is 14.3 Å². The number of rotatable bonds is 2. The zero-order valence-electron chi connectivity index (χ0n) is 10.8. The lowest BCUT2D eigenvalue weighted by Crippen LogP contribution is -2.26. The van der Waals surface area contributed by atoms with Crippen LogP contribution in [0.2, 0.25) is 0 Å². The fourth-order valence-electron chi connectivity index (χ4n) is 2.59. The molecule has 0 saturated carbocycles. The molecule has 2 aromatic rings. The van der Waals surface area contributed by atoms with Gasteiger partial charge in [-0.25, -0.2) is 8.42 Å². The highest BCUT2D eigenvalue weighted by Gasteiger charge is 2.38. The van der Waals surface area contributed by atoms with Gasteiger partial charge >= 0.3 is 0 Å². The number of hydrogen-bond acceptors (Lipinski definition) is 3. The highest BCUT2D eigenvalue weighted by Crippen LogP contribution is 2.34. The van der Waals surface area contributed by atoms with Crippen molar-refractivity contribution in [3.63, 3.8) is 0 Å². The van der Waals surface area contributed by atoms with Crippen molar-refractivity contribution >= 4 is 58.0 Å². The Labute approximate surface area is 135 Å². The van der Waals surface area contributed by atoms with Crippen LogP contribution >= 0.6 is 26.6 Å². The van der Waals surface area contributed by atoms with Gasteiger partial charge in [-0.1, -0.05) is 40.2 Å². The molecule has 110 valence electrons. The van der Waals surface area contributed by atoms with Crippen molar-refractivity contribution in [3.05, 3.63) is 40.9 Å². The molecule has 0 aromatic heterocycles. The third kappa shape index (κ3) is 2.67. The molecule has 1 amide bonds. The second kappa shape index (κ2) is 5.26. The van der Waals surface area contributed by atoms with Crippen LogP contribution in [0.5, 0.6) is 0 Å². The Hall–Kier alpha value is -1.11. The van der Waals surface area contributed by atoms with E-state index in [0.717, 1.165) is 15.2 Å². The summed E-state index contributed by atoms with van der Waals surface area (Å²) in [5.41, 5.74) is 0.710. The lowest BCUT2D eigenvalue weighted by molar-refractivity contribution is -0.117. The molecule has 0 spiro atoms. The van der Waals surface area contributed by atoms with Crippen LogP contribution in [0.3, 0.4) is 0 Å². The third-order valence-electron chi connectivity index (χ3n) is 3.62. The Balaban J connectivity index is 2.10. The molecule has 1 unspecified atom stereocenters. The summed E-state index contributed by atoms with van der Waals surface area (Å²) in [6, 6.07) is 11.3. The van der Waals surface area contributed by atoms with E-state index in [0.29, 0.717) is 5.69 Å². The number of carbonyl (C=O) groups is 1. The van der Waals surface area contributed by atoms with Gasteiger partial charge in [-0.3, -0.25) is 4.79 Å². The number of nitrogens with zero attached hydrogens (tertiary/aromatic N) is 1. The minimum atomic E-state index is -3.74. The Kier molecular flexibility index (Phi) is 3.71. The molecule has 7 heteroatoms. The topological polar surface area (TPSA) is 54.5 Å². The second-order valence-electron chi connectivity index (χ2n) is 4.92. The number of hydrogen-bond donors (Lipinski definition) is 0. The number of carbonyl (C=O) groups excluding carboxylic acids is 1. The normalized spacial score (nSPS) is 19.4. The van der Waals surface area contributed by atoms with Gasteiger partial charge < -0.3 is 4.90 Å². The predicted molar refractivity (Wildman–Crippen MR) is 87.2 cm³/mol. The van der Waals surface area contributed by atoms with Crippen LogP contribution < -0.4 is 4.90 Å². The van der Waals surface area contributed by atoms with Crippen molar-refractivity contribution in [2.45, 2.75) is 11.7 Å². The standard InChI is InChI=1S/C14H11BrClNO3S/c15-12-5-1-4-11-10(12)3-2-6-13(11)17-8-9(7-14(17)18)21(16,19)20/h1-6,9H,7-8H2. The number of halogens is 2. The van der Waals surface area contributed by atoms with Gasteiger partial charge in [0.1, 0.15) is 5.25 Å². The van der Waals surface area contributed by atoms with Gasteiger partial charge in [0.25, 0.3) is 0 Å². The highest BCUT2D eigenvalue weighted by atomic mass is 79.9. The average molecular weight is 389 g/mol. The first kappa shape index (κ1) is 14.8.